The first-order chi connectivity index (χ1) is 13.5. The molecule has 0 saturated carbocycles. The molecule has 1 amide bonds. The second-order valence-electron chi connectivity index (χ2n) is 7.33. The second kappa shape index (κ2) is 13.6. The van der Waals surface area contributed by atoms with E-state index in [1.54, 1.807) is 7.11 Å². The van der Waals surface area contributed by atoms with Gasteiger partial charge in [-0.15, -0.1) is 24.0 Å². The number of primary amides is 1. The Morgan fingerprint density at radius 3 is 2.86 bits per heavy atom. The van der Waals surface area contributed by atoms with Gasteiger partial charge >= 0.3 is 0 Å². The summed E-state index contributed by atoms with van der Waals surface area (Å²) in [5, 5.41) is 6.68. The number of carbonyl (C=O) groups excluding carboxylic acids is 1. The Morgan fingerprint density at radius 1 is 1.38 bits per heavy atom. The molecule has 1 heterocycles. The number of halogens is 1. The Kier molecular flexibility index (Phi) is 12.0. The zero-order chi connectivity index (χ0) is 20.4. The fourth-order valence-electron chi connectivity index (χ4n) is 3.49. The summed E-state index contributed by atoms with van der Waals surface area (Å²) < 4.78 is 5.46. The van der Waals surface area contributed by atoms with Crippen molar-refractivity contribution in [3.63, 3.8) is 0 Å². The Morgan fingerprint density at radius 2 is 2.17 bits per heavy atom. The smallest absolute Gasteiger partial charge is 0.221 e. The maximum absolute atomic E-state index is 11.4. The minimum atomic E-state index is -0.170. The average Bonchev–Trinajstić information content (AvgIpc) is 2.70. The Hall–Kier alpha value is -1.55. The molecule has 1 aromatic rings. The van der Waals surface area contributed by atoms with Gasteiger partial charge in [0.1, 0.15) is 5.75 Å². The number of nitrogens with two attached hydrogens (primary N) is 1. The van der Waals surface area contributed by atoms with Crippen LogP contribution >= 0.6 is 24.0 Å². The number of carbonyl (C=O) groups is 1. The van der Waals surface area contributed by atoms with Gasteiger partial charge in [-0.3, -0.25) is 4.79 Å². The van der Waals surface area contributed by atoms with Gasteiger partial charge in [-0.25, -0.2) is 4.99 Å². The lowest BCUT2D eigenvalue weighted by Gasteiger charge is -2.31. The number of guanidine groups is 1. The van der Waals surface area contributed by atoms with Crippen molar-refractivity contribution in [1.29, 1.82) is 0 Å². The zero-order valence-electron chi connectivity index (χ0n) is 17.9. The quantitative estimate of drug-likeness (QED) is 0.202. The van der Waals surface area contributed by atoms with E-state index in [2.05, 4.69) is 46.5 Å². The summed E-state index contributed by atoms with van der Waals surface area (Å²) in [6.07, 6.45) is 2.96. The number of nitrogens with one attached hydrogen (secondary N) is 2. The van der Waals surface area contributed by atoms with Crippen LogP contribution in [0.2, 0.25) is 0 Å². The van der Waals surface area contributed by atoms with E-state index in [9.17, 15) is 4.79 Å². The van der Waals surface area contributed by atoms with Gasteiger partial charge in [-0.2, -0.15) is 0 Å². The summed E-state index contributed by atoms with van der Waals surface area (Å²) in [4.78, 5) is 18.4. The molecule has 1 saturated heterocycles. The Bertz CT molecular complexity index is 668. The van der Waals surface area contributed by atoms with Gasteiger partial charge in [0.15, 0.2) is 5.96 Å². The predicted octanol–water partition coefficient (Wildman–Crippen LogP) is 2.26. The number of hydrogen-bond donors (Lipinski definition) is 3. The number of ether oxygens (including phenoxy) is 1. The zero-order valence-corrected chi connectivity index (χ0v) is 20.2. The summed E-state index contributed by atoms with van der Waals surface area (Å²) in [6.45, 7) is 9.10. The van der Waals surface area contributed by atoms with Crippen LogP contribution in [0.5, 0.6) is 5.75 Å². The van der Waals surface area contributed by atoms with E-state index in [-0.39, 0.29) is 35.8 Å². The van der Waals surface area contributed by atoms with Crippen molar-refractivity contribution in [2.24, 2.45) is 16.6 Å². The van der Waals surface area contributed by atoms with E-state index in [1.165, 1.54) is 5.56 Å². The number of aryl methyl sites for hydroxylation is 1. The van der Waals surface area contributed by atoms with E-state index >= 15 is 0 Å². The molecule has 0 spiro atoms. The molecule has 7 nitrogen and oxygen atoms in total. The fourth-order valence-corrected chi connectivity index (χ4v) is 3.49. The van der Waals surface area contributed by atoms with E-state index in [0.717, 1.165) is 69.3 Å². The molecular formula is C21H36IN5O2. The second-order valence-corrected chi connectivity index (χ2v) is 7.33. The maximum atomic E-state index is 11.4. The summed E-state index contributed by atoms with van der Waals surface area (Å²) in [5.74, 6) is 1.51. The Balaban J connectivity index is 0.00000420. The normalized spacial score (nSPS) is 17.3. The van der Waals surface area contributed by atoms with Crippen molar-refractivity contribution in [3.05, 3.63) is 29.3 Å². The molecule has 0 bridgehead atoms. The number of piperidine rings is 1. The van der Waals surface area contributed by atoms with Crippen molar-refractivity contribution in [2.75, 3.05) is 39.8 Å². The number of methoxy groups -OCH3 is 1. The molecule has 1 aromatic carbocycles. The molecule has 1 fully saturated rings. The van der Waals surface area contributed by atoms with Gasteiger partial charge in [0.25, 0.3) is 0 Å². The van der Waals surface area contributed by atoms with Gasteiger partial charge in [0.05, 0.1) is 19.6 Å². The molecule has 1 unspecified atom stereocenters. The van der Waals surface area contributed by atoms with Gasteiger partial charge in [-0.1, -0.05) is 12.1 Å². The first-order valence-electron chi connectivity index (χ1n) is 10.2. The van der Waals surface area contributed by atoms with Crippen molar-refractivity contribution in [1.82, 2.24) is 15.5 Å². The molecule has 0 aromatic heterocycles. The molecule has 2 rings (SSSR count). The number of benzene rings is 1. The summed E-state index contributed by atoms with van der Waals surface area (Å²) in [7, 11) is 1.69. The van der Waals surface area contributed by atoms with E-state index < -0.39 is 0 Å². The number of nitrogens with zero attached hydrogens (tertiary/aromatic N) is 2. The highest BCUT2D eigenvalue weighted by atomic mass is 127. The third-order valence-electron chi connectivity index (χ3n) is 5.05. The minimum absolute atomic E-state index is 0. The number of likely N-dealkylation sites (tertiary alicyclic amines) is 1. The van der Waals surface area contributed by atoms with Crippen LogP contribution in [0.25, 0.3) is 0 Å². The predicted molar refractivity (Wildman–Crippen MR) is 129 cm³/mol. The molecular weight excluding hydrogens is 481 g/mol. The average molecular weight is 517 g/mol. The molecule has 4 N–H and O–H groups in total. The molecule has 1 aliphatic rings. The lowest BCUT2D eigenvalue weighted by molar-refractivity contribution is -0.123. The van der Waals surface area contributed by atoms with Crippen molar-refractivity contribution in [3.8, 4) is 5.75 Å². The molecule has 29 heavy (non-hydrogen) atoms. The van der Waals surface area contributed by atoms with Gasteiger partial charge in [-0.05, 0) is 57.8 Å². The number of amides is 1. The highest BCUT2D eigenvalue weighted by molar-refractivity contribution is 14.0. The molecule has 0 aliphatic carbocycles. The molecule has 8 heteroatoms. The SMILES string of the molecule is CCNC(=NCc1ccc(C)cc1OC)NCCCN1CCCC(C(N)=O)C1.I. The van der Waals surface area contributed by atoms with Crippen LogP contribution in [0.3, 0.4) is 0 Å². The summed E-state index contributed by atoms with van der Waals surface area (Å²) in [6, 6.07) is 6.17. The number of hydrogen-bond acceptors (Lipinski definition) is 4. The number of rotatable bonds is 9. The molecule has 1 atom stereocenters. The van der Waals surface area contributed by atoms with Crippen molar-refractivity contribution in [2.45, 2.75) is 39.7 Å². The monoisotopic (exact) mass is 517 g/mol. The van der Waals surface area contributed by atoms with Gasteiger partial charge in [0.2, 0.25) is 5.91 Å². The standard InChI is InChI=1S/C21H35N5O2.HI/c1-4-23-21(25-14-17-9-8-16(2)13-19(17)28-3)24-10-6-12-26-11-5-7-18(15-26)20(22)27;/h8-9,13,18H,4-7,10-12,14-15H2,1-3H3,(H2,22,27)(H2,23,24,25);1H. The van der Waals surface area contributed by atoms with Gasteiger partial charge < -0.3 is 26.0 Å². The molecule has 164 valence electrons. The topological polar surface area (TPSA) is 92.0 Å². The first kappa shape index (κ1) is 25.5. The van der Waals surface area contributed by atoms with Crippen LogP contribution in [-0.4, -0.2) is 56.6 Å². The fraction of sp³-hybridized carbons (Fsp3) is 0.619. The highest BCUT2D eigenvalue weighted by Gasteiger charge is 2.23. The van der Waals surface area contributed by atoms with Crippen LogP contribution in [0.4, 0.5) is 0 Å². The van der Waals surface area contributed by atoms with Gasteiger partial charge in [0, 0.05) is 25.2 Å². The third-order valence-corrected chi connectivity index (χ3v) is 5.05. The summed E-state index contributed by atoms with van der Waals surface area (Å²) >= 11 is 0. The van der Waals surface area contributed by atoms with Crippen LogP contribution < -0.4 is 21.1 Å². The van der Waals surface area contributed by atoms with Crippen LogP contribution in [0.15, 0.2) is 23.2 Å². The Labute approximate surface area is 191 Å². The lowest BCUT2D eigenvalue weighted by atomic mass is 9.97. The van der Waals surface area contributed by atoms with Crippen LogP contribution in [0, 0.1) is 12.8 Å². The van der Waals surface area contributed by atoms with E-state index in [1.807, 2.05) is 6.07 Å². The summed E-state index contributed by atoms with van der Waals surface area (Å²) in [5.41, 5.74) is 7.69. The largest absolute Gasteiger partial charge is 0.496 e. The maximum Gasteiger partial charge on any atom is 0.221 e. The lowest BCUT2D eigenvalue weighted by Crippen LogP contribution is -2.43. The van der Waals surface area contributed by atoms with Crippen LogP contribution in [-0.2, 0) is 11.3 Å². The minimum Gasteiger partial charge on any atom is -0.496 e. The van der Waals surface area contributed by atoms with Crippen molar-refractivity contribution >= 4 is 35.8 Å². The van der Waals surface area contributed by atoms with Crippen molar-refractivity contribution < 1.29 is 9.53 Å². The third kappa shape index (κ3) is 8.77. The van der Waals surface area contributed by atoms with E-state index in [4.69, 9.17) is 10.5 Å². The number of aliphatic imine (C=N–C) groups is 1. The molecule has 1 aliphatic heterocycles. The highest BCUT2D eigenvalue weighted by Crippen LogP contribution is 2.20. The van der Waals surface area contributed by atoms with E-state index in [0.29, 0.717) is 6.54 Å². The first-order valence-corrected chi connectivity index (χ1v) is 10.2. The van der Waals surface area contributed by atoms with Crippen LogP contribution in [0.1, 0.15) is 37.3 Å². The molecule has 0 radical (unpaired) electrons.